The molecule has 0 saturated carbocycles. The molecule has 62 valence electrons. The van der Waals surface area contributed by atoms with E-state index in [1.54, 1.807) is 0 Å². The van der Waals surface area contributed by atoms with E-state index in [9.17, 15) is 4.79 Å². The van der Waals surface area contributed by atoms with Gasteiger partial charge in [0.25, 0.3) is 0 Å². The van der Waals surface area contributed by atoms with Crippen molar-refractivity contribution in [2.24, 2.45) is 0 Å². The molecule has 0 aromatic heterocycles. The van der Waals surface area contributed by atoms with Gasteiger partial charge in [-0.1, -0.05) is 0 Å². The van der Waals surface area contributed by atoms with Crippen molar-refractivity contribution in [2.75, 3.05) is 26.3 Å². The summed E-state index contributed by atoms with van der Waals surface area (Å²) in [6.45, 7) is 0.791. The minimum atomic E-state index is -0.981. The summed E-state index contributed by atoms with van der Waals surface area (Å²) in [4.78, 5) is 9.89. The molecule has 0 unspecified atom stereocenters. The first-order chi connectivity index (χ1) is 5.27. The quantitative estimate of drug-likeness (QED) is 0.390. The SMILES string of the molecule is N#CCNCCOCC(=O)O. The van der Waals surface area contributed by atoms with Crippen LogP contribution in [0.2, 0.25) is 0 Å². The molecule has 0 aliphatic heterocycles. The van der Waals surface area contributed by atoms with Crippen LogP contribution in [-0.2, 0) is 9.53 Å². The van der Waals surface area contributed by atoms with Crippen molar-refractivity contribution in [3.63, 3.8) is 0 Å². The van der Waals surface area contributed by atoms with E-state index >= 15 is 0 Å². The van der Waals surface area contributed by atoms with Crippen LogP contribution >= 0.6 is 0 Å². The lowest BCUT2D eigenvalue weighted by Gasteiger charge is -1.99. The molecular weight excluding hydrogens is 148 g/mol. The molecule has 0 aromatic carbocycles. The number of nitriles is 1. The standard InChI is InChI=1S/C6H10N2O3/c7-1-2-8-3-4-11-5-6(9)10/h8H,2-5H2,(H,9,10). The molecule has 5 nitrogen and oxygen atoms in total. The maximum atomic E-state index is 9.89. The second-order valence-corrected chi connectivity index (χ2v) is 1.78. The predicted molar refractivity (Wildman–Crippen MR) is 36.9 cm³/mol. The number of ether oxygens (including phenoxy) is 1. The van der Waals surface area contributed by atoms with Crippen LogP contribution in [0, 0.1) is 11.3 Å². The van der Waals surface area contributed by atoms with Crippen molar-refractivity contribution in [3.05, 3.63) is 0 Å². The predicted octanol–water partition coefficient (Wildman–Crippen LogP) is -0.799. The van der Waals surface area contributed by atoms with Crippen LogP contribution < -0.4 is 5.32 Å². The van der Waals surface area contributed by atoms with Crippen LogP contribution in [0.4, 0.5) is 0 Å². The van der Waals surface area contributed by atoms with Crippen molar-refractivity contribution in [2.45, 2.75) is 0 Å². The molecule has 2 N–H and O–H groups in total. The van der Waals surface area contributed by atoms with Gasteiger partial charge in [0, 0.05) is 6.54 Å². The Labute approximate surface area is 64.6 Å². The lowest BCUT2D eigenvalue weighted by Crippen LogP contribution is -2.21. The first-order valence-corrected chi connectivity index (χ1v) is 3.14. The van der Waals surface area contributed by atoms with E-state index in [1.807, 2.05) is 6.07 Å². The zero-order valence-electron chi connectivity index (χ0n) is 6.04. The summed E-state index contributed by atoms with van der Waals surface area (Å²) >= 11 is 0. The zero-order chi connectivity index (χ0) is 8.53. The molecule has 0 saturated heterocycles. The number of rotatable bonds is 6. The van der Waals surface area contributed by atoms with Gasteiger partial charge in [-0.05, 0) is 0 Å². The van der Waals surface area contributed by atoms with Gasteiger partial charge in [-0.2, -0.15) is 5.26 Å². The van der Waals surface area contributed by atoms with Gasteiger partial charge in [-0.3, -0.25) is 0 Å². The number of nitrogens with one attached hydrogen (secondary N) is 1. The lowest BCUT2D eigenvalue weighted by atomic mass is 10.6. The molecule has 0 heterocycles. The maximum absolute atomic E-state index is 9.89. The van der Waals surface area contributed by atoms with Crippen molar-refractivity contribution in [3.8, 4) is 6.07 Å². The summed E-state index contributed by atoms with van der Waals surface area (Å²) in [6, 6.07) is 1.88. The van der Waals surface area contributed by atoms with Gasteiger partial charge >= 0.3 is 5.97 Å². The van der Waals surface area contributed by atoms with E-state index in [0.29, 0.717) is 13.2 Å². The van der Waals surface area contributed by atoms with Gasteiger partial charge < -0.3 is 15.2 Å². The van der Waals surface area contributed by atoms with E-state index in [0.717, 1.165) is 0 Å². The Balaban J connectivity index is 2.92. The van der Waals surface area contributed by atoms with Crippen LogP contribution in [0.3, 0.4) is 0 Å². The number of hydrogen-bond donors (Lipinski definition) is 2. The summed E-state index contributed by atoms with van der Waals surface area (Å²) in [6.07, 6.45) is 0. The summed E-state index contributed by atoms with van der Waals surface area (Å²) in [7, 11) is 0. The lowest BCUT2D eigenvalue weighted by molar-refractivity contribution is -0.142. The van der Waals surface area contributed by atoms with Crippen LogP contribution in [0.5, 0.6) is 0 Å². The van der Waals surface area contributed by atoms with Gasteiger partial charge in [0.15, 0.2) is 0 Å². The molecule has 0 aromatic rings. The maximum Gasteiger partial charge on any atom is 0.329 e. The largest absolute Gasteiger partial charge is 0.480 e. The number of aliphatic carboxylic acids is 1. The average Bonchev–Trinajstić information content (AvgIpc) is 1.96. The Bertz CT molecular complexity index is 152. The molecule has 0 spiro atoms. The summed E-state index contributed by atoms with van der Waals surface area (Å²) < 4.78 is 4.67. The zero-order valence-corrected chi connectivity index (χ0v) is 6.04. The van der Waals surface area contributed by atoms with Gasteiger partial charge in [-0.15, -0.1) is 0 Å². The highest BCUT2D eigenvalue weighted by atomic mass is 16.5. The molecule has 0 atom stereocenters. The Morgan fingerprint density at radius 3 is 3.00 bits per heavy atom. The smallest absolute Gasteiger partial charge is 0.329 e. The first-order valence-electron chi connectivity index (χ1n) is 3.14. The van der Waals surface area contributed by atoms with Crippen molar-refractivity contribution < 1.29 is 14.6 Å². The molecule has 0 aliphatic carbocycles. The Hall–Kier alpha value is -1.12. The monoisotopic (exact) mass is 158 g/mol. The summed E-state index contributed by atoms with van der Waals surface area (Å²) in [5, 5.41) is 18.9. The molecule has 5 heteroatoms. The molecule has 0 bridgehead atoms. The van der Waals surface area contributed by atoms with E-state index < -0.39 is 5.97 Å². The second kappa shape index (κ2) is 6.99. The molecular formula is C6H10N2O3. The number of carbonyl (C=O) groups is 1. The normalized spacial score (nSPS) is 9.00. The highest BCUT2D eigenvalue weighted by Gasteiger charge is 1.94. The summed E-state index contributed by atoms with van der Waals surface area (Å²) in [5.74, 6) is -0.981. The third-order valence-electron chi connectivity index (χ3n) is 0.853. The van der Waals surface area contributed by atoms with E-state index in [2.05, 4.69) is 10.1 Å². The minimum absolute atomic E-state index is 0.260. The van der Waals surface area contributed by atoms with Crippen LogP contribution in [0.1, 0.15) is 0 Å². The minimum Gasteiger partial charge on any atom is -0.480 e. The van der Waals surface area contributed by atoms with Crippen molar-refractivity contribution >= 4 is 5.97 Å². The molecule has 0 aliphatic rings. The first kappa shape index (κ1) is 9.88. The fourth-order valence-electron chi connectivity index (χ4n) is 0.448. The highest BCUT2D eigenvalue weighted by molar-refractivity contribution is 5.67. The third kappa shape index (κ3) is 8.88. The summed E-state index contributed by atoms with van der Waals surface area (Å²) in [5.41, 5.74) is 0. The fraction of sp³-hybridized carbons (Fsp3) is 0.667. The van der Waals surface area contributed by atoms with Crippen LogP contribution in [0.25, 0.3) is 0 Å². The van der Waals surface area contributed by atoms with E-state index in [1.165, 1.54) is 0 Å². The molecule has 0 radical (unpaired) electrons. The van der Waals surface area contributed by atoms with Crippen molar-refractivity contribution in [1.29, 1.82) is 5.26 Å². The van der Waals surface area contributed by atoms with Gasteiger partial charge in [0.05, 0.1) is 19.2 Å². The molecule has 0 fully saturated rings. The Morgan fingerprint density at radius 2 is 2.45 bits per heavy atom. The van der Waals surface area contributed by atoms with E-state index in [-0.39, 0.29) is 13.2 Å². The van der Waals surface area contributed by atoms with Gasteiger partial charge in [0.1, 0.15) is 6.61 Å². The topological polar surface area (TPSA) is 82.3 Å². The number of nitrogens with zero attached hydrogens (tertiary/aromatic N) is 1. The Morgan fingerprint density at radius 1 is 1.73 bits per heavy atom. The van der Waals surface area contributed by atoms with Crippen LogP contribution in [-0.4, -0.2) is 37.4 Å². The third-order valence-corrected chi connectivity index (χ3v) is 0.853. The average molecular weight is 158 g/mol. The Kier molecular flexibility index (Phi) is 6.28. The van der Waals surface area contributed by atoms with Crippen molar-refractivity contribution in [1.82, 2.24) is 5.32 Å². The molecule has 0 rings (SSSR count). The second-order valence-electron chi connectivity index (χ2n) is 1.78. The molecule has 11 heavy (non-hydrogen) atoms. The fourth-order valence-corrected chi connectivity index (χ4v) is 0.448. The van der Waals surface area contributed by atoms with E-state index in [4.69, 9.17) is 10.4 Å². The number of carboxylic acid groups (broad SMARTS) is 1. The van der Waals surface area contributed by atoms with Gasteiger partial charge in [-0.25, -0.2) is 4.79 Å². The van der Waals surface area contributed by atoms with Gasteiger partial charge in [0.2, 0.25) is 0 Å². The molecule has 0 amide bonds. The number of carboxylic acids is 1. The van der Waals surface area contributed by atoms with Crippen LogP contribution in [0.15, 0.2) is 0 Å². The highest BCUT2D eigenvalue weighted by Crippen LogP contribution is 1.72. The number of hydrogen-bond acceptors (Lipinski definition) is 4.